The Bertz CT molecular complexity index is 532. The molecule has 2 rings (SSSR count). The molecule has 0 radical (unpaired) electrons. The molecule has 3 heteroatoms. The predicted octanol–water partition coefficient (Wildman–Crippen LogP) is 3.53. The minimum atomic E-state index is 0.308. The van der Waals surface area contributed by atoms with Crippen LogP contribution in [-0.2, 0) is 6.42 Å². The van der Waals surface area contributed by atoms with Crippen LogP contribution in [0, 0.1) is 0 Å². The van der Waals surface area contributed by atoms with E-state index in [1.807, 2.05) is 24.4 Å². The van der Waals surface area contributed by atoms with E-state index in [1.54, 1.807) is 0 Å². The molecule has 1 aromatic heterocycles. The molecule has 0 aliphatic carbocycles. The Balaban J connectivity index is 2.13. The smallest absolute Gasteiger partial charge is 0.131 e. The van der Waals surface area contributed by atoms with Crippen LogP contribution in [0.5, 0.6) is 0 Å². The average molecular weight is 255 g/mol. The standard InChI is InChI=1S/C16H21N3/c1-11(2)15-8-9-18-16(19-15)12(3)10-13-4-6-14(17)7-5-13/h4-9,11-12H,10,17H2,1-3H3. The average Bonchev–Trinajstić information content (AvgIpc) is 2.41. The van der Waals surface area contributed by atoms with Crippen molar-refractivity contribution < 1.29 is 0 Å². The quantitative estimate of drug-likeness (QED) is 0.850. The van der Waals surface area contributed by atoms with Crippen LogP contribution < -0.4 is 5.73 Å². The van der Waals surface area contributed by atoms with Crippen LogP contribution in [0.2, 0.25) is 0 Å². The minimum Gasteiger partial charge on any atom is -0.399 e. The Kier molecular flexibility index (Phi) is 4.15. The fourth-order valence-electron chi connectivity index (χ4n) is 2.05. The van der Waals surface area contributed by atoms with E-state index < -0.39 is 0 Å². The minimum absolute atomic E-state index is 0.308. The zero-order chi connectivity index (χ0) is 13.8. The number of nitrogen functional groups attached to an aromatic ring is 1. The summed E-state index contributed by atoms with van der Waals surface area (Å²) in [4.78, 5) is 9.05. The molecule has 1 unspecified atom stereocenters. The predicted molar refractivity (Wildman–Crippen MR) is 79.1 cm³/mol. The molecule has 2 N–H and O–H groups in total. The normalized spacial score (nSPS) is 12.6. The molecule has 0 saturated heterocycles. The lowest BCUT2D eigenvalue weighted by Gasteiger charge is -2.12. The van der Waals surface area contributed by atoms with Crippen molar-refractivity contribution in [2.45, 2.75) is 39.0 Å². The second kappa shape index (κ2) is 5.83. The van der Waals surface area contributed by atoms with Crippen LogP contribution in [-0.4, -0.2) is 9.97 Å². The van der Waals surface area contributed by atoms with Crippen LogP contribution in [0.4, 0.5) is 5.69 Å². The number of rotatable bonds is 4. The molecule has 0 saturated carbocycles. The van der Waals surface area contributed by atoms with Gasteiger partial charge in [-0.1, -0.05) is 32.9 Å². The summed E-state index contributed by atoms with van der Waals surface area (Å²) < 4.78 is 0. The van der Waals surface area contributed by atoms with Gasteiger partial charge in [0.2, 0.25) is 0 Å². The van der Waals surface area contributed by atoms with Crippen molar-refractivity contribution in [2.75, 3.05) is 5.73 Å². The second-order valence-electron chi connectivity index (χ2n) is 5.34. The molecule has 2 aromatic rings. The highest BCUT2D eigenvalue weighted by atomic mass is 14.9. The Morgan fingerprint density at radius 2 is 1.74 bits per heavy atom. The van der Waals surface area contributed by atoms with Gasteiger partial charge < -0.3 is 5.73 Å². The zero-order valence-corrected chi connectivity index (χ0v) is 11.8. The van der Waals surface area contributed by atoms with Gasteiger partial charge in [-0.15, -0.1) is 0 Å². The van der Waals surface area contributed by atoms with Crippen LogP contribution in [0.1, 0.15) is 49.7 Å². The molecule has 0 bridgehead atoms. The van der Waals surface area contributed by atoms with Crippen LogP contribution in [0.3, 0.4) is 0 Å². The maximum Gasteiger partial charge on any atom is 0.131 e. The van der Waals surface area contributed by atoms with Gasteiger partial charge in [0.25, 0.3) is 0 Å². The van der Waals surface area contributed by atoms with E-state index in [1.165, 1.54) is 5.56 Å². The molecule has 1 atom stereocenters. The van der Waals surface area contributed by atoms with E-state index in [0.717, 1.165) is 23.6 Å². The number of hydrogen-bond acceptors (Lipinski definition) is 3. The monoisotopic (exact) mass is 255 g/mol. The van der Waals surface area contributed by atoms with Crippen molar-refractivity contribution in [1.29, 1.82) is 0 Å². The van der Waals surface area contributed by atoms with Crippen molar-refractivity contribution in [2.24, 2.45) is 0 Å². The summed E-state index contributed by atoms with van der Waals surface area (Å²) in [6, 6.07) is 10.0. The lowest BCUT2D eigenvalue weighted by atomic mass is 10.00. The Labute approximate surface area is 114 Å². The number of anilines is 1. The van der Waals surface area contributed by atoms with Crippen LogP contribution in [0.15, 0.2) is 36.5 Å². The molecule has 0 fully saturated rings. The highest BCUT2D eigenvalue weighted by Crippen LogP contribution is 2.19. The highest BCUT2D eigenvalue weighted by molar-refractivity contribution is 5.39. The van der Waals surface area contributed by atoms with Gasteiger partial charge in [-0.2, -0.15) is 0 Å². The molecule has 100 valence electrons. The third-order valence-corrected chi connectivity index (χ3v) is 3.25. The van der Waals surface area contributed by atoms with E-state index >= 15 is 0 Å². The van der Waals surface area contributed by atoms with E-state index in [0.29, 0.717) is 11.8 Å². The fraction of sp³-hybridized carbons (Fsp3) is 0.375. The summed E-state index contributed by atoms with van der Waals surface area (Å²) in [5.74, 6) is 1.66. The summed E-state index contributed by atoms with van der Waals surface area (Å²) in [6.07, 6.45) is 2.79. The third-order valence-electron chi connectivity index (χ3n) is 3.25. The first-order valence-corrected chi connectivity index (χ1v) is 6.73. The largest absolute Gasteiger partial charge is 0.399 e. The van der Waals surface area contributed by atoms with Gasteiger partial charge in [-0.05, 0) is 36.1 Å². The lowest BCUT2D eigenvalue weighted by molar-refractivity contribution is 0.677. The molecule has 0 aliphatic heterocycles. The molecule has 0 aliphatic rings. The molecular weight excluding hydrogens is 234 g/mol. The SMILES string of the molecule is CC(C)c1ccnc(C(C)Cc2ccc(N)cc2)n1. The molecule has 0 amide bonds. The van der Waals surface area contributed by atoms with E-state index in [-0.39, 0.29) is 0 Å². The zero-order valence-electron chi connectivity index (χ0n) is 11.8. The summed E-state index contributed by atoms with van der Waals surface area (Å²) in [5.41, 5.74) is 8.87. The summed E-state index contributed by atoms with van der Waals surface area (Å²) in [7, 11) is 0. The number of nitrogens with zero attached hydrogens (tertiary/aromatic N) is 2. The van der Waals surface area contributed by atoms with E-state index in [2.05, 4.69) is 42.9 Å². The van der Waals surface area contributed by atoms with Crippen molar-refractivity contribution in [3.63, 3.8) is 0 Å². The molecule has 0 spiro atoms. The molecule has 3 nitrogen and oxygen atoms in total. The fourth-order valence-corrected chi connectivity index (χ4v) is 2.05. The van der Waals surface area contributed by atoms with Gasteiger partial charge >= 0.3 is 0 Å². The Morgan fingerprint density at radius 3 is 2.37 bits per heavy atom. The van der Waals surface area contributed by atoms with Gasteiger partial charge in [0.15, 0.2) is 0 Å². The number of aromatic nitrogens is 2. The van der Waals surface area contributed by atoms with Gasteiger partial charge in [-0.3, -0.25) is 0 Å². The topological polar surface area (TPSA) is 51.8 Å². The first-order chi connectivity index (χ1) is 9.06. The number of benzene rings is 1. The van der Waals surface area contributed by atoms with Crippen LogP contribution in [0.25, 0.3) is 0 Å². The van der Waals surface area contributed by atoms with Gasteiger partial charge in [-0.25, -0.2) is 9.97 Å². The summed E-state index contributed by atoms with van der Waals surface area (Å²) >= 11 is 0. The van der Waals surface area contributed by atoms with Gasteiger partial charge in [0.05, 0.1) is 0 Å². The number of hydrogen-bond donors (Lipinski definition) is 1. The van der Waals surface area contributed by atoms with E-state index in [9.17, 15) is 0 Å². The van der Waals surface area contributed by atoms with E-state index in [4.69, 9.17) is 5.73 Å². The van der Waals surface area contributed by atoms with Crippen molar-refractivity contribution in [1.82, 2.24) is 9.97 Å². The summed E-state index contributed by atoms with van der Waals surface area (Å²) in [5, 5.41) is 0. The maximum atomic E-state index is 5.70. The van der Waals surface area contributed by atoms with Crippen LogP contribution >= 0.6 is 0 Å². The Morgan fingerprint density at radius 1 is 1.05 bits per heavy atom. The first-order valence-electron chi connectivity index (χ1n) is 6.73. The second-order valence-corrected chi connectivity index (χ2v) is 5.34. The van der Waals surface area contributed by atoms with Gasteiger partial charge in [0.1, 0.15) is 5.82 Å². The summed E-state index contributed by atoms with van der Waals surface area (Å²) in [6.45, 7) is 6.46. The van der Waals surface area contributed by atoms with Crippen molar-refractivity contribution in [3.05, 3.63) is 53.6 Å². The lowest BCUT2D eigenvalue weighted by Crippen LogP contribution is -2.06. The Hall–Kier alpha value is -1.90. The molecule has 19 heavy (non-hydrogen) atoms. The molecule has 1 aromatic carbocycles. The van der Waals surface area contributed by atoms with Gasteiger partial charge in [0, 0.05) is 23.5 Å². The molecular formula is C16H21N3. The molecule has 1 heterocycles. The third kappa shape index (κ3) is 3.53. The van der Waals surface area contributed by atoms with Crippen molar-refractivity contribution in [3.8, 4) is 0 Å². The maximum absolute atomic E-state index is 5.70. The first kappa shape index (κ1) is 13.5. The highest BCUT2D eigenvalue weighted by Gasteiger charge is 2.11. The number of nitrogens with two attached hydrogens (primary N) is 1. The van der Waals surface area contributed by atoms with Crippen molar-refractivity contribution >= 4 is 5.69 Å².